The van der Waals surface area contributed by atoms with Crippen molar-refractivity contribution in [1.29, 1.82) is 0 Å². The summed E-state index contributed by atoms with van der Waals surface area (Å²) in [6.45, 7) is 7.25. The maximum Gasteiger partial charge on any atom is 0.200 e. The Kier molecular flexibility index (Phi) is 2.73. The van der Waals surface area contributed by atoms with Gasteiger partial charge < -0.3 is 4.42 Å². The van der Waals surface area contributed by atoms with Gasteiger partial charge in [-0.3, -0.25) is 4.79 Å². The van der Waals surface area contributed by atoms with Gasteiger partial charge in [-0.25, -0.2) is 0 Å². The third-order valence-corrected chi connectivity index (χ3v) is 2.46. The molecule has 1 aromatic rings. The summed E-state index contributed by atoms with van der Waals surface area (Å²) in [5, 5.41) is 0. The zero-order valence-electron chi connectivity index (χ0n) is 8.90. The fourth-order valence-electron chi connectivity index (χ4n) is 1.66. The molecule has 0 unspecified atom stereocenters. The summed E-state index contributed by atoms with van der Waals surface area (Å²) in [6.07, 6.45) is 11.3. The summed E-state index contributed by atoms with van der Waals surface area (Å²) in [7, 11) is 0. The average Bonchev–Trinajstić information content (AvgIpc) is 2.54. The van der Waals surface area contributed by atoms with Crippen molar-refractivity contribution in [3.8, 4) is 0 Å². The highest BCUT2D eigenvalue weighted by atomic mass is 16.3. The maximum atomic E-state index is 12.1. The average molecular weight is 212 g/mol. The molecule has 80 valence electrons. The van der Waals surface area contributed by atoms with Crippen LogP contribution < -0.4 is 5.43 Å². The van der Waals surface area contributed by atoms with Gasteiger partial charge in [-0.15, -0.1) is 0 Å². The van der Waals surface area contributed by atoms with Crippen LogP contribution in [0.2, 0.25) is 0 Å². The SMILES string of the molecule is C=Cc1oc2c(c(=O)c1C=C)C=CCC=C2. The standard InChI is InChI=1S/C14H12O2/c1-3-10-12(4-2)16-13-9-7-5-6-8-11(13)14(10)15/h3-4,6-9H,1-2,5H2. The summed E-state index contributed by atoms with van der Waals surface area (Å²) in [5.74, 6) is 1.05. The topological polar surface area (TPSA) is 30.2 Å². The van der Waals surface area contributed by atoms with Crippen molar-refractivity contribution in [1.82, 2.24) is 0 Å². The van der Waals surface area contributed by atoms with E-state index >= 15 is 0 Å². The Morgan fingerprint density at radius 3 is 2.62 bits per heavy atom. The van der Waals surface area contributed by atoms with Gasteiger partial charge in [-0.2, -0.15) is 0 Å². The molecule has 1 heterocycles. The number of hydrogen-bond donors (Lipinski definition) is 0. The van der Waals surface area contributed by atoms with Crippen molar-refractivity contribution in [2.24, 2.45) is 0 Å². The van der Waals surface area contributed by atoms with Crippen LogP contribution in [0.4, 0.5) is 0 Å². The van der Waals surface area contributed by atoms with Crippen LogP contribution >= 0.6 is 0 Å². The molecule has 1 aliphatic rings. The van der Waals surface area contributed by atoms with E-state index in [1.807, 2.05) is 18.2 Å². The highest BCUT2D eigenvalue weighted by molar-refractivity contribution is 5.69. The molecule has 0 amide bonds. The molecule has 0 saturated carbocycles. The zero-order valence-corrected chi connectivity index (χ0v) is 8.90. The number of rotatable bonds is 2. The first kappa shape index (κ1) is 10.4. The predicted molar refractivity (Wildman–Crippen MR) is 67.8 cm³/mol. The second-order valence-corrected chi connectivity index (χ2v) is 3.44. The van der Waals surface area contributed by atoms with Crippen molar-refractivity contribution in [3.63, 3.8) is 0 Å². The monoisotopic (exact) mass is 212 g/mol. The summed E-state index contributed by atoms with van der Waals surface area (Å²) in [4.78, 5) is 12.1. The van der Waals surface area contributed by atoms with Gasteiger partial charge in [0.2, 0.25) is 0 Å². The molecule has 0 atom stereocenters. The Labute approximate surface area is 93.9 Å². The van der Waals surface area contributed by atoms with E-state index in [1.54, 1.807) is 6.08 Å². The third kappa shape index (κ3) is 1.58. The Morgan fingerprint density at radius 2 is 1.94 bits per heavy atom. The molecule has 0 spiro atoms. The first-order chi connectivity index (χ1) is 7.77. The van der Waals surface area contributed by atoms with Crippen molar-refractivity contribution in [3.05, 3.63) is 58.2 Å². The molecule has 2 nitrogen and oxygen atoms in total. The molecule has 1 aromatic heterocycles. The summed E-state index contributed by atoms with van der Waals surface area (Å²) < 4.78 is 5.60. The fourth-order valence-corrected chi connectivity index (χ4v) is 1.66. The van der Waals surface area contributed by atoms with Crippen LogP contribution in [0.3, 0.4) is 0 Å². The van der Waals surface area contributed by atoms with E-state index in [0.717, 1.165) is 6.42 Å². The predicted octanol–water partition coefficient (Wildman–Crippen LogP) is 3.36. The van der Waals surface area contributed by atoms with E-state index in [0.29, 0.717) is 22.6 Å². The fraction of sp³-hybridized carbons (Fsp3) is 0.0714. The van der Waals surface area contributed by atoms with Crippen LogP contribution in [-0.4, -0.2) is 0 Å². The Morgan fingerprint density at radius 1 is 1.19 bits per heavy atom. The minimum atomic E-state index is -0.0612. The summed E-state index contributed by atoms with van der Waals surface area (Å²) in [5.41, 5.74) is 0.983. The van der Waals surface area contributed by atoms with Crippen molar-refractivity contribution in [2.45, 2.75) is 6.42 Å². The minimum Gasteiger partial charge on any atom is -0.456 e. The van der Waals surface area contributed by atoms with E-state index in [1.165, 1.54) is 12.2 Å². The molecule has 0 fully saturated rings. The number of hydrogen-bond acceptors (Lipinski definition) is 2. The lowest BCUT2D eigenvalue weighted by Gasteiger charge is -2.04. The Balaban J connectivity index is 2.84. The third-order valence-electron chi connectivity index (χ3n) is 2.46. The molecule has 0 saturated heterocycles. The van der Waals surface area contributed by atoms with Crippen LogP contribution in [0.1, 0.15) is 29.1 Å². The van der Waals surface area contributed by atoms with Crippen LogP contribution in [-0.2, 0) is 0 Å². The first-order valence-electron chi connectivity index (χ1n) is 5.07. The Hall–Kier alpha value is -2.09. The molecular formula is C14H12O2. The lowest BCUT2D eigenvalue weighted by molar-refractivity contribution is 0.525. The molecule has 0 N–H and O–H groups in total. The largest absolute Gasteiger partial charge is 0.456 e. The van der Waals surface area contributed by atoms with Crippen LogP contribution in [0.15, 0.2) is 34.5 Å². The van der Waals surface area contributed by atoms with Gasteiger partial charge in [0.25, 0.3) is 0 Å². The lowest BCUT2D eigenvalue weighted by atomic mass is 10.1. The van der Waals surface area contributed by atoms with Crippen molar-refractivity contribution in [2.75, 3.05) is 0 Å². The minimum absolute atomic E-state index is 0.0612. The smallest absolute Gasteiger partial charge is 0.200 e. The van der Waals surface area contributed by atoms with Gasteiger partial charge in [-0.1, -0.05) is 37.5 Å². The van der Waals surface area contributed by atoms with Gasteiger partial charge in [0, 0.05) is 0 Å². The quantitative estimate of drug-likeness (QED) is 0.752. The molecule has 0 radical (unpaired) electrons. The van der Waals surface area contributed by atoms with E-state index in [9.17, 15) is 4.79 Å². The molecule has 0 aromatic carbocycles. The van der Waals surface area contributed by atoms with Gasteiger partial charge in [-0.05, 0) is 18.6 Å². The number of fused-ring (bicyclic) bond motifs is 1. The van der Waals surface area contributed by atoms with E-state index in [2.05, 4.69) is 13.2 Å². The van der Waals surface area contributed by atoms with Gasteiger partial charge in [0.15, 0.2) is 5.43 Å². The highest BCUT2D eigenvalue weighted by Gasteiger charge is 2.13. The second-order valence-electron chi connectivity index (χ2n) is 3.44. The molecule has 2 rings (SSSR count). The maximum absolute atomic E-state index is 12.1. The second kappa shape index (κ2) is 4.19. The molecule has 2 heteroatoms. The molecule has 0 bridgehead atoms. The van der Waals surface area contributed by atoms with Crippen LogP contribution in [0.25, 0.3) is 24.3 Å². The Bertz CT molecular complexity index is 557. The molecule has 0 aliphatic heterocycles. The van der Waals surface area contributed by atoms with Gasteiger partial charge >= 0.3 is 0 Å². The van der Waals surface area contributed by atoms with Crippen molar-refractivity contribution >= 4 is 24.3 Å². The van der Waals surface area contributed by atoms with E-state index < -0.39 is 0 Å². The summed E-state index contributed by atoms with van der Waals surface area (Å²) >= 11 is 0. The summed E-state index contributed by atoms with van der Waals surface area (Å²) in [6, 6.07) is 0. The lowest BCUT2D eigenvalue weighted by Crippen LogP contribution is -2.12. The normalized spacial score (nSPS) is 13.0. The number of allylic oxidation sites excluding steroid dienone is 2. The van der Waals surface area contributed by atoms with E-state index in [4.69, 9.17) is 4.42 Å². The first-order valence-corrected chi connectivity index (χ1v) is 5.07. The molecule has 1 aliphatic carbocycles. The zero-order chi connectivity index (χ0) is 11.5. The van der Waals surface area contributed by atoms with Crippen molar-refractivity contribution < 1.29 is 4.42 Å². The van der Waals surface area contributed by atoms with E-state index in [-0.39, 0.29) is 5.43 Å². The molecular weight excluding hydrogens is 200 g/mol. The van der Waals surface area contributed by atoms with Crippen LogP contribution in [0.5, 0.6) is 0 Å². The van der Waals surface area contributed by atoms with Gasteiger partial charge in [0.1, 0.15) is 11.5 Å². The van der Waals surface area contributed by atoms with Crippen LogP contribution in [0, 0.1) is 0 Å². The van der Waals surface area contributed by atoms with Gasteiger partial charge in [0.05, 0.1) is 11.1 Å². The highest BCUT2D eigenvalue weighted by Crippen LogP contribution is 2.19. The molecule has 16 heavy (non-hydrogen) atoms.